The van der Waals surface area contributed by atoms with E-state index in [2.05, 4.69) is 36.2 Å². The topological polar surface area (TPSA) is 12.0 Å². The van der Waals surface area contributed by atoms with Gasteiger partial charge < -0.3 is 5.32 Å². The molecule has 0 aromatic heterocycles. The van der Waals surface area contributed by atoms with Crippen LogP contribution in [0.2, 0.25) is 0 Å². The number of rotatable bonds is 4. The molecular formula is C14H23N. The SMILES string of the molecule is C=C(C)C(/C=C\C)NC1=CCC=C1.CC. The highest BCUT2D eigenvalue weighted by Gasteiger charge is 2.05. The fourth-order valence-electron chi connectivity index (χ4n) is 1.27. The van der Waals surface area contributed by atoms with Gasteiger partial charge in [0.05, 0.1) is 6.04 Å². The van der Waals surface area contributed by atoms with Crippen LogP contribution in [0.3, 0.4) is 0 Å². The molecule has 0 heterocycles. The van der Waals surface area contributed by atoms with Gasteiger partial charge in [-0.2, -0.15) is 0 Å². The summed E-state index contributed by atoms with van der Waals surface area (Å²) in [5.41, 5.74) is 2.34. The first-order valence-corrected chi connectivity index (χ1v) is 5.65. The summed E-state index contributed by atoms with van der Waals surface area (Å²) in [6.07, 6.45) is 11.6. The van der Waals surface area contributed by atoms with Gasteiger partial charge in [-0.05, 0) is 26.3 Å². The number of allylic oxidation sites excluding steroid dienone is 4. The molecule has 0 aliphatic heterocycles. The van der Waals surface area contributed by atoms with Gasteiger partial charge in [0, 0.05) is 5.70 Å². The normalized spacial score (nSPS) is 15.6. The zero-order valence-corrected chi connectivity index (χ0v) is 10.4. The van der Waals surface area contributed by atoms with Crippen molar-refractivity contribution in [3.8, 4) is 0 Å². The summed E-state index contributed by atoms with van der Waals surface area (Å²) in [7, 11) is 0. The molecule has 15 heavy (non-hydrogen) atoms. The molecule has 0 spiro atoms. The molecule has 84 valence electrons. The Bertz CT molecular complexity index is 269. The van der Waals surface area contributed by atoms with Gasteiger partial charge in [-0.1, -0.05) is 50.3 Å². The number of hydrogen-bond acceptors (Lipinski definition) is 1. The highest BCUT2D eigenvalue weighted by atomic mass is 14.9. The van der Waals surface area contributed by atoms with Crippen LogP contribution >= 0.6 is 0 Å². The molecule has 0 aromatic carbocycles. The third kappa shape index (κ3) is 5.26. The van der Waals surface area contributed by atoms with E-state index in [9.17, 15) is 0 Å². The molecule has 1 atom stereocenters. The van der Waals surface area contributed by atoms with Crippen LogP contribution in [0.4, 0.5) is 0 Å². The van der Waals surface area contributed by atoms with Crippen molar-refractivity contribution in [1.82, 2.24) is 5.32 Å². The van der Waals surface area contributed by atoms with Crippen molar-refractivity contribution in [1.29, 1.82) is 0 Å². The summed E-state index contributed by atoms with van der Waals surface area (Å²) in [6.45, 7) is 12.0. The average molecular weight is 205 g/mol. The maximum absolute atomic E-state index is 3.95. The van der Waals surface area contributed by atoms with Crippen LogP contribution < -0.4 is 5.32 Å². The van der Waals surface area contributed by atoms with Crippen molar-refractivity contribution in [2.45, 2.75) is 40.2 Å². The van der Waals surface area contributed by atoms with E-state index in [-0.39, 0.29) is 6.04 Å². The molecular weight excluding hydrogens is 182 g/mol. The first-order valence-electron chi connectivity index (χ1n) is 5.65. The van der Waals surface area contributed by atoms with Gasteiger partial charge in [-0.25, -0.2) is 0 Å². The Morgan fingerprint density at radius 3 is 2.60 bits per heavy atom. The maximum Gasteiger partial charge on any atom is 0.0652 e. The first kappa shape index (κ1) is 13.8. The molecule has 0 saturated carbocycles. The van der Waals surface area contributed by atoms with E-state index >= 15 is 0 Å². The minimum atomic E-state index is 0.263. The van der Waals surface area contributed by atoms with E-state index in [4.69, 9.17) is 0 Å². The van der Waals surface area contributed by atoms with Gasteiger partial charge in [-0.3, -0.25) is 0 Å². The lowest BCUT2D eigenvalue weighted by Gasteiger charge is -2.16. The highest BCUT2D eigenvalue weighted by Crippen LogP contribution is 2.09. The minimum Gasteiger partial charge on any atom is -0.375 e. The fraction of sp³-hybridized carbons (Fsp3) is 0.429. The van der Waals surface area contributed by atoms with Crippen LogP contribution in [0.25, 0.3) is 0 Å². The molecule has 0 radical (unpaired) electrons. The van der Waals surface area contributed by atoms with Gasteiger partial charge in [0.15, 0.2) is 0 Å². The molecule has 1 N–H and O–H groups in total. The van der Waals surface area contributed by atoms with E-state index in [1.807, 2.05) is 33.8 Å². The molecule has 1 aliphatic rings. The van der Waals surface area contributed by atoms with Gasteiger partial charge in [0.25, 0.3) is 0 Å². The molecule has 0 saturated heterocycles. The molecule has 1 rings (SSSR count). The average Bonchev–Trinajstić information content (AvgIpc) is 2.73. The molecule has 0 fully saturated rings. The summed E-state index contributed by atoms with van der Waals surface area (Å²) in [6, 6.07) is 0.263. The number of hydrogen-bond donors (Lipinski definition) is 1. The van der Waals surface area contributed by atoms with E-state index < -0.39 is 0 Å². The predicted molar refractivity (Wildman–Crippen MR) is 69.7 cm³/mol. The lowest BCUT2D eigenvalue weighted by molar-refractivity contribution is 0.768. The van der Waals surface area contributed by atoms with Crippen LogP contribution in [0.1, 0.15) is 34.1 Å². The van der Waals surface area contributed by atoms with E-state index in [0.29, 0.717) is 0 Å². The van der Waals surface area contributed by atoms with Gasteiger partial charge >= 0.3 is 0 Å². The maximum atomic E-state index is 3.95. The second-order valence-electron chi connectivity index (χ2n) is 3.29. The Morgan fingerprint density at radius 1 is 1.53 bits per heavy atom. The highest BCUT2D eigenvalue weighted by molar-refractivity contribution is 5.28. The molecule has 1 aliphatic carbocycles. The minimum absolute atomic E-state index is 0.263. The van der Waals surface area contributed by atoms with Crippen LogP contribution in [-0.4, -0.2) is 6.04 Å². The summed E-state index contributed by atoms with van der Waals surface area (Å²) in [4.78, 5) is 0. The van der Waals surface area contributed by atoms with Crippen molar-refractivity contribution >= 4 is 0 Å². The Balaban J connectivity index is 0.000000921. The molecule has 0 aromatic rings. The van der Waals surface area contributed by atoms with Gasteiger partial charge in [0.2, 0.25) is 0 Å². The van der Waals surface area contributed by atoms with Crippen LogP contribution in [0.5, 0.6) is 0 Å². The Morgan fingerprint density at radius 2 is 2.20 bits per heavy atom. The Hall–Kier alpha value is -1.24. The summed E-state index contributed by atoms with van der Waals surface area (Å²) in [5, 5.41) is 3.40. The second-order valence-corrected chi connectivity index (χ2v) is 3.29. The zero-order chi connectivity index (χ0) is 11.7. The van der Waals surface area contributed by atoms with E-state index in [0.717, 1.165) is 12.0 Å². The van der Waals surface area contributed by atoms with Gasteiger partial charge in [0.1, 0.15) is 0 Å². The van der Waals surface area contributed by atoms with Crippen molar-refractivity contribution < 1.29 is 0 Å². The van der Waals surface area contributed by atoms with Crippen molar-refractivity contribution in [3.05, 3.63) is 48.2 Å². The largest absolute Gasteiger partial charge is 0.375 e. The standard InChI is InChI=1S/C12H17N.C2H6/c1-4-7-12(10(2)3)13-11-8-5-6-9-11;1-2/h4-5,7-9,12-13H,2,6H2,1,3H3;1-2H3/b7-4-;. The zero-order valence-electron chi connectivity index (χ0n) is 10.4. The second kappa shape index (κ2) is 8.10. The van der Waals surface area contributed by atoms with Gasteiger partial charge in [-0.15, -0.1) is 0 Å². The van der Waals surface area contributed by atoms with Crippen LogP contribution in [0.15, 0.2) is 48.2 Å². The smallest absolute Gasteiger partial charge is 0.0652 e. The quantitative estimate of drug-likeness (QED) is 0.685. The molecule has 0 bridgehead atoms. The lowest BCUT2D eigenvalue weighted by Crippen LogP contribution is -2.26. The van der Waals surface area contributed by atoms with E-state index in [1.165, 1.54) is 5.70 Å². The Kier molecular flexibility index (Phi) is 7.43. The monoisotopic (exact) mass is 205 g/mol. The van der Waals surface area contributed by atoms with Crippen molar-refractivity contribution in [2.24, 2.45) is 0 Å². The van der Waals surface area contributed by atoms with Crippen LogP contribution in [-0.2, 0) is 0 Å². The van der Waals surface area contributed by atoms with Crippen molar-refractivity contribution in [2.75, 3.05) is 0 Å². The number of nitrogens with one attached hydrogen (secondary N) is 1. The summed E-state index contributed by atoms with van der Waals surface area (Å²) >= 11 is 0. The fourth-order valence-corrected chi connectivity index (χ4v) is 1.27. The third-order valence-corrected chi connectivity index (χ3v) is 2.01. The van der Waals surface area contributed by atoms with E-state index in [1.54, 1.807) is 0 Å². The molecule has 1 heteroatoms. The molecule has 1 nitrogen and oxygen atoms in total. The Labute approximate surface area is 94.3 Å². The van der Waals surface area contributed by atoms with Crippen LogP contribution in [0, 0.1) is 0 Å². The molecule has 1 unspecified atom stereocenters. The molecule has 0 amide bonds. The predicted octanol–water partition coefficient (Wildman–Crippen LogP) is 3.97. The third-order valence-electron chi connectivity index (χ3n) is 2.01. The summed E-state index contributed by atoms with van der Waals surface area (Å²) in [5.74, 6) is 0. The summed E-state index contributed by atoms with van der Waals surface area (Å²) < 4.78 is 0. The lowest BCUT2D eigenvalue weighted by atomic mass is 10.1. The first-order chi connectivity index (χ1) is 7.24. The van der Waals surface area contributed by atoms with Crippen molar-refractivity contribution in [3.63, 3.8) is 0 Å².